The van der Waals surface area contributed by atoms with E-state index in [4.69, 9.17) is 14.2 Å². The second-order valence-corrected chi connectivity index (χ2v) is 17.1. The van der Waals surface area contributed by atoms with Crippen LogP contribution in [0.4, 0.5) is 14.0 Å². The summed E-state index contributed by atoms with van der Waals surface area (Å²) in [6.07, 6.45) is 3.99. The number of alkyl carbamates (subject to hydrolysis) is 1. The highest BCUT2D eigenvalue weighted by Gasteiger charge is 2.62. The number of amides is 5. The summed E-state index contributed by atoms with van der Waals surface area (Å²) in [6.45, 7) is 5.42. The van der Waals surface area contributed by atoms with Gasteiger partial charge < -0.3 is 29.7 Å². The Bertz CT molecular complexity index is 1780. The molecule has 5 aliphatic rings. The van der Waals surface area contributed by atoms with Crippen LogP contribution in [0.25, 0.3) is 0 Å². The second kappa shape index (κ2) is 15.8. The molecule has 0 radical (unpaired) electrons. The van der Waals surface area contributed by atoms with E-state index in [1.165, 1.54) is 15.9 Å². The maximum Gasteiger partial charge on any atom is 0.410 e. The third-order valence-corrected chi connectivity index (χ3v) is 11.8. The molecule has 296 valence electrons. The average molecular weight is 777 g/mol. The summed E-state index contributed by atoms with van der Waals surface area (Å²) >= 11 is 0. The topological polar surface area (TPSA) is 193 Å². The summed E-state index contributed by atoms with van der Waals surface area (Å²) in [5.41, 5.74) is -1.45. The van der Waals surface area contributed by atoms with Crippen molar-refractivity contribution >= 4 is 40.1 Å². The molecule has 1 aromatic carbocycles. The first-order valence-electron chi connectivity index (χ1n) is 18.5. The van der Waals surface area contributed by atoms with Gasteiger partial charge in [0, 0.05) is 37.5 Å². The van der Waals surface area contributed by atoms with Crippen LogP contribution >= 0.6 is 0 Å². The zero-order valence-corrected chi connectivity index (χ0v) is 31.6. The zero-order chi connectivity index (χ0) is 38.8. The lowest BCUT2D eigenvalue weighted by atomic mass is 10.0. The van der Waals surface area contributed by atoms with E-state index in [-0.39, 0.29) is 65.2 Å². The van der Waals surface area contributed by atoms with E-state index in [0.29, 0.717) is 30.4 Å². The summed E-state index contributed by atoms with van der Waals surface area (Å²) in [4.78, 5) is 71.3. The number of allylic oxidation sites excluding steroid dienone is 1. The number of carbonyl (C=O) groups excluding carboxylic acids is 5. The second-order valence-electron chi connectivity index (χ2n) is 15.5. The molecule has 0 unspecified atom stereocenters. The van der Waals surface area contributed by atoms with E-state index >= 15 is 0 Å². The fourth-order valence-electron chi connectivity index (χ4n) is 7.40. The van der Waals surface area contributed by atoms with Gasteiger partial charge in [0.25, 0.3) is 5.91 Å². The molecule has 2 saturated heterocycles. The summed E-state index contributed by atoms with van der Waals surface area (Å²) in [7, 11) is -4.26. The minimum absolute atomic E-state index is 0.0120. The minimum Gasteiger partial charge on any atom is -0.444 e. The Morgan fingerprint density at radius 1 is 1.07 bits per heavy atom. The summed E-state index contributed by atoms with van der Waals surface area (Å²) < 4.78 is 60.6. The highest BCUT2D eigenvalue weighted by molar-refractivity contribution is 7.87. The van der Waals surface area contributed by atoms with Crippen LogP contribution in [0.15, 0.2) is 30.4 Å². The molecule has 0 bridgehead atoms. The van der Waals surface area contributed by atoms with Crippen molar-refractivity contribution in [2.45, 2.75) is 108 Å². The maximum atomic E-state index is 14.4. The van der Waals surface area contributed by atoms with Crippen LogP contribution in [0.5, 0.6) is 0 Å². The highest BCUT2D eigenvalue weighted by atomic mass is 32.2. The van der Waals surface area contributed by atoms with E-state index in [2.05, 4.69) is 15.4 Å². The number of hydrogen-bond acceptors (Lipinski definition) is 10. The van der Waals surface area contributed by atoms with Gasteiger partial charge in [-0.05, 0) is 58.1 Å². The largest absolute Gasteiger partial charge is 0.444 e. The van der Waals surface area contributed by atoms with Crippen molar-refractivity contribution in [3.63, 3.8) is 0 Å². The van der Waals surface area contributed by atoms with Gasteiger partial charge in [-0.2, -0.15) is 12.7 Å². The number of rotatable bonds is 5. The van der Waals surface area contributed by atoms with Crippen LogP contribution in [-0.2, 0) is 51.9 Å². The van der Waals surface area contributed by atoms with E-state index in [1.54, 1.807) is 39.0 Å². The van der Waals surface area contributed by atoms with Gasteiger partial charge in [0.05, 0.1) is 26.3 Å². The quantitative estimate of drug-likeness (QED) is 0.374. The van der Waals surface area contributed by atoms with Crippen LogP contribution in [0.3, 0.4) is 0 Å². The molecular weight excluding hydrogens is 727 g/mol. The number of benzene rings is 1. The Hall–Kier alpha value is -4.29. The Morgan fingerprint density at radius 2 is 1.83 bits per heavy atom. The standard InChI is InChI=1S/C36H49FN6O10S/c1-35(2,3)53-33(47)38-28-13-8-6-4-5-7-11-24-19-36(24,32(46)40-54(49,50)42-14-16-51-17-15-42)39-30(44)29-18-25(21-43(29)31(28)45)52-34(48)41-20-23-10-9-12-27(37)26(23)22-41/h7,9-12,24-25,28-29H,4-6,8,13-22H2,1-3H3,(H,38,47)(H,39,44)(H,40,46)/t24-,25-,28+,29+,36-/m1/s1. The van der Waals surface area contributed by atoms with Gasteiger partial charge in [0.2, 0.25) is 11.8 Å². The number of morpholine rings is 1. The van der Waals surface area contributed by atoms with Crippen molar-refractivity contribution in [1.29, 1.82) is 0 Å². The maximum absolute atomic E-state index is 14.4. The molecule has 1 aliphatic carbocycles. The first-order chi connectivity index (χ1) is 25.6. The summed E-state index contributed by atoms with van der Waals surface area (Å²) in [5.74, 6) is -3.23. The fourth-order valence-corrected chi connectivity index (χ4v) is 8.58. The van der Waals surface area contributed by atoms with Crippen LogP contribution in [-0.4, -0.2) is 115 Å². The number of halogens is 1. The molecule has 16 nitrogen and oxygen atoms in total. The molecular formula is C36H49FN6O10S. The van der Waals surface area contributed by atoms with Crippen molar-refractivity contribution in [1.82, 2.24) is 29.5 Å². The first-order valence-corrected chi connectivity index (χ1v) is 19.9. The molecule has 0 spiro atoms. The number of ether oxygens (including phenoxy) is 3. The van der Waals surface area contributed by atoms with Crippen LogP contribution in [0.1, 0.15) is 76.8 Å². The molecule has 18 heteroatoms. The molecule has 4 heterocycles. The number of nitrogens with one attached hydrogen (secondary N) is 3. The molecule has 4 aliphatic heterocycles. The van der Waals surface area contributed by atoms with Crippen molar-refractivity contribution < 1.29 is 51.0 Å². The Balaban J connectivity index is 1.25. The summed E-state index contributed by atoms with van der Waals surface area (Å²) in [6, 6.07) is 2.24. The lowest BCUT2D eigenvalue weighted by Crippen LogP contribution is -2.59. The number of nitrogens with zero attached hydrogens (tertiary/aromatic N) is 3. The van der Waals surface area contributed by atoms with Gasteiger partial charge in [-0.3, -0.25) is 19.3 Å². The number of hydrogen-bond donors (Lipinski definition) is 3. The summed E-state index contributed by atoms with van der Waals surface area (Å²) in [5, 5.41) is 5.45. The molecule has 5 amide bonds. The fraction of sp³-hybridized carbons (Fsp3) is 0.639. The molecule has 0 aromatic heterocycles. The van der Waals surface area contributed by atoms with Crippen molar-refractivity contribution in [2.75, 3.05) is 32.8 Å². The molecule has 3 fully saturated rings. The van der Waals surface area contributed by atoms with E-state index in [0.717, 1.165) is 10.7 Å². The van der Waals surface area contributed by atoms with Crippen molar-refractivity contribution in [3.05, 3.63) is 47.3 Å². The highest BCUT2D eigenvalue weighted by Crippen LogP contribution is 2.46. The SMILES string of the molecule is CC(C)(C)OC(=O)N[C@H]1CCCCCC=C[C@@H]2C[C@@]2(C(=O)NS(=O)(=O)N2CCOCC2)NC(=O)[C@@H]2C[C@@H](OC(=O)N3Cc4cccc(F)c4C3)CN2C1=O. The van der Waals surface area contributed by atoms with Crippen LogP contribution in [0, 0.1) is 11.7 Å². The predicted octanol–water partition coefficient (Wildman–Crippen LogP) is 2.23. The normalized spacial score (nSPS) is 28.1. The van der Waals surface area contributed by atoms with Gasteiger partial charge in [-0.25, -0.2) is 18.7 Å². The van der Waals surface area contributed by atoms with Crippen molar-refractivity contribution in [2.24, 2.45) is 5.92 Å². The lowest BCUT2D eigenvalue weighted by molar-refractivity contribution is -0.141. The third kappa shape index (κ3) is 8.97. The Labute approximate surface area is 314 Å². The minimum atomic E-state index is -4.26. The molecule has 6 rings (SSSR count). The van der Waals surface area contributed by atoms with Gasteiger partial charge in [-0.15, -0.1) is 0 Å². The van der Waals surface area contributed by atoms with E-state index in [1.807, 2.05) is 6.08 Å². The molecule has 1 saturated carbocycles. The van der Waals surface area contributed by atoms with Gasteiger partial charge in [-0.1, -0.05) is 37.1 Å². The third-order valence-electron chi connectivity index (χ3n) is 10.3. The number of fused-ring (bicyclic) bond motifs is 3. The first kappa shape index (κ1) is 39.4. The molecule has 54 heavy (non-hydrogen) atoms. The Morgan fingerprint density at radius 3 is 2.56 bits per heavy atom. The lowest BCUT2D eigenvalue weighted by Gasteiger charge is -2.31. The zero-order valence-electron chi connectivity index (χ0n) is 30.8. The van der Waals surface area contributed by atoms with E-state index < -0.39 is 81.2 Å². The molecule has 5 atom stereocenters. The van der Waals surface area contributed by atoms with Gasteiger partial charge in [0.15, 0.2) is 0 Å². The number of carbonyl (C=O) groups is 5. The van der Waals surface area contributed by atoms with Crippen molar-refractivity contribution in [3.8, 4) is 0 Å². The van der Waals surface area contributed by atoms with Crippen LogP contribution in [0.2, 0.25) is 0 Å². The Kier molecular flexibility index (Phi) is 11.5. The monoisotopic (exact) mass is 776 g/mol. The van der Waals surface area contributed by atoms with Gasteiger partial charge >= 0.3 is 22.4 Å². The molecule has 1 aromatic rings. The van der Waals surface area contributed by atoms with Crippen LogP contribution < -0.4 is 15.4 Å². The average Bonchev–Trinajstić information content (AvgIpc) is 3.40. The van der Waals surface area contributed by atoms with Gasteiger partial charge in [0.1, 0.15) is 35.1 Å². The van der Waals surface area contributed by atoms with E-state index in [9.17, 15) is 36.8 Å². The smallest absolute Gasteiger partial charge is 0.410 e. The molecule has 3 N–H and O–H groups in total. The predicted molar refractivity (Wildman–Crippen MR) is 190 cm³/mol.